The lowest BCUT2D eigenvalue weighted by molar-refractivity contribution is -0.481. The Morgan fingerprint density at radius 2 is 2.15 bits per heavy atom. The predicted octanol–water partition coefficient (Wildman–Crippen LogP) is 1.78. The summed E-state index contributed by atoms with van der Waals surface area (Å²) in [6.45, 7) is 2.21. The first-order valence-electron chi connectivity index (χ1n) is 4.34. The molecule has 3 heteroatoms. The van der Waals surface area contributed by atoms with E-state index < -0.39 is 0 Å². The van der Waals surface area contributed by atoms with Crippen molar-refractivity contribution in [2.24, 2.45) is 0 Å². The van der Waals surface area contributed by atoms with Crippen molar-refractivity contribution in [3.05, 3.63) is 27.8 Å². The molecule has 0 aromatic heterocycles. The van der Waals surface area contributed by atoms with Gasteiger partial charge in [-0.2, -0.15) is 0 Å². The molecular formula is C10H12IN2+. The van der Waals surface area contributed by atoms with Crippen molar-refractivity contribution in [1.82, 2.24) is 0 Å². The van der Waals surface area contributed by atoms with Crippen molar-refractivity contribution in [1.29, 1.82) is 0 Å². The molecule has 0 N–H and O–H groups in total. The van der Waals surface area contributed by atoms with Gasteiger partial charge in [0.1, 0.15) is 18.8 Å². The summed E-state index contributed by atoms with van der Waals surface area (Å²) in [7, 11) is 2.11. The van der Waals surface area contributed by atoms with Gasteiger partial charge < -0.3 is 0 Å². The van der Waals surface area contributed by atoms with Gasteiger partial charge >= 0.3 is 0 Å². The highest BCUT2D eigenvalue weighted by atomic mass is 127. The number of para-hydroxylation sites is 1. The van der Waals surface area contributed by atoms with E-state index in [4.69, 9.17) is 0 Å². The molecule has 0 atom stereocenters. The molecule has 0 amide bonds. The second-order valence-corrected chi connectivity index (χ2v) is 4.40. The van der Waals surface area contributed by atoms with Gasteiger partial charge in [-0.05, 0) is 34.7 Å². The van der Waals surface area contributed by atoms with Crippen LogP contribution in [0.2, 0.25) is 0 Å². The Balaban J connectivity index is 2.31. The maximum atomic E-state index is 2.38. The van der Waals surface area contributed by atoms with Gasteiger partial charge in [-0.15, -0.1) is 0 Å². The first-order chi connectivity index (χ1) is 6.27. The Kier molecular flexibility index (Phi) is 2.53. The van der Waals surface area contributed by atoms with E-state index in [0.717, 1.165) is 13.1 Å². The molecule has 1 aromatic carbocycles. The van der Waals surface area contributed by atoms with Crippen LogP contribution in [-0.4, -0.2) is 31.1 Å². The van der Waals surface area contributed by atoms with Gasteiger partial charge in [0.2, 0.25) is 6.34 Å². The summed E-state index contributed by atoms with van der Waals surface area (Å²) in [5.74, 6) is 0. The van der Waals surface area contributed by atoms with Gasteiger partial charge in [0.05, 0.1) is 10.6 Å². The second kappa shape index (κ2) is 3.65. The SMILES string of the molecule is C[N+]1=CN(c2ccccc2I)CC1. The Hall–Kier alpha value is -0.580. The minimum Gasteiger partial charge on any atom is -0.267 e. The molecule has 0 saturated carbocycles. The van der Waals surface area contributed by atoms with Gasteiger partial charge in [-0.1, -0.05) is 12.1 Å². The van der Waals surface area contributed by atoms with Crippen molar-refractivity contribution < 1.29 is 4.58 Å². The highest BCUT2D eigenvalue weighted by Crippen LogP contribution is 2.21. The lowest BCUT2D eigenvalue weighted by atomic mass is 10.3. The van der Waals surface area contributed by atoms with E-state index >= 15 is 0 Å². The van der Waals surface area contributed by atoms with E-state index in [0.29, 0.717) is 0 Å². The Morgan fingerprint density at radius 1 is 1.38 bits per heavy atom. The van der Waals surface area contributed by atoms with Gasteiger partial charge in [0.25, 0.3) is 0 Å². The summed E-state index contributed by atoms with van der Waals surface area (Å²) in [6, 6.07) is 8.47. The quantitative estimate of drug-likeness (QED) is 0.564. The average molecular weight is 287 g/mol. The van der Waals surface area contributed by atoms with Crippen LogP contribution in [0.25, 0.3) is 0 Å². The number of halogens is 1. The fourth-order valence-electron chi connectivity index (χ4n) is 1.49. The van der Waals surface area contributed by atoms with E-state index in [1.807, 2.05) is 0 Å². The number of nitrogens with zero attached hydrogens (tertiary/aromatic N) is 2. The van der Waals surface area contributed by atoms with E-state index in [1.165, 1.54) is 9.26 Å². The molecule has 2 nitrogen and oxygen atoms in total. The number of benzene rings is 1. The number of anilines is 1. The molecule has 13 heavy (non-hydrogen) atoms. The molecule has 0 saturated heterocycles. The maximum Gasteiger partial charge on any atom is 0.239 e. The van der Waals surface area contributed by atoms with E-state index in [1.54, 1.807) is 0 Å². The highest BCUT2D eigenvalue weighted by Gasteiger charge is 2.20. The van der Waals surface area contributed by atoms with Crippen molar-refractivity contribution in [2.75, 3.05) is 25.0 Å². The zero-order valence-electron chi connectivity index (χ0n) is 7.57. The number of likely N-dealkylation sites (N-methyl/N-ethyl adjacent to an activating group) is 1. The third-order valence-electron chi connectivity index (χ3n) is 2.19. The zero-order valence-corrected chi connectivity index (χ0v) is 9.73. The summed E-state index contributed by atoms with van der Waals surface area (Å²) in [6.07, 6.45) is 2.16. The van der Waals surface area contributed by atoms with Crippen LogP contribution < -0.4 is 4.90 Å². The van der Waals surface area contributed by atoms with Crippen molar-refractivity contribution in [3.8, 4) is 0 Å². The molecule has 0 bridgehead atoms. The van der Waals surface area contributed by atoms with Crippen LogP contribution >= 0.6 is 22.6 Å². The highest BCUT2D eigenvalue weighted by molar-refractivity contribution is 14.1. The van der Waals surface area contributed by atoms with Gasteiger partial charge in [-0.3, -0.25) is 4.58 Å². The summed E-state index contributed by atoms with van der Waals surface area (Å²) < 4.78 is 3.52. The first kappa shape index (κ1) is 8.99. The molecule has 0 fully saturated rings. The fraction of sp³-hybridized carbons (Fsp3) is 0.300. The molecule has 0 unspecified atom stereocenters. The van der Waals surface area contributed by atoms with Crippen molar-refractivity contribution in [2.45, 2.75) is 0 Å². The monoisotopic (exact) mass is 287 g/mol. The summed E-state index contributed by atoms with van der Waals surface area (Å²) >= 11 is 2.38. The number of rotatable bonds is 1. The van der Waals surface area contributed by atoms with Gasteiger partial charge in [0, 0.05) is 0 Å². The Labute approximate surface area is 92.0 Å². The van der Waals surface area contributed by atoms with Crippen LogP contribution in [0.1, 0.15) is 0 Å². The molecule has 1 heterocycles. The Bertz CT molecular complexity index is 347. The lowest BCUT2D eigenvalue weighted by Gasteiger charge is -2.07. The first-order valence-corrected chi connectivity index (χ1v) is 5.41. The summed E-state index contributed by atoms with van der Waals surface area (Å²) in [5.41, 5.74) is 1.31. The van der Waals surface area contributed by atoms with Gasteiger partial charge in [0.15, 0.2) is 0 Å². The molecule has 2 rings (SSSR count). The fourth-order valence-corrected chi connectivity index (χ4v) is 2.18. The number of hydrogen-bond donors (Lipinski definition) is 0. The maximum absolute atomic E-state index is 2.38. The van der Waals surface area contributed by atoms with Gasteiger partial charge in [-0.25, -0.2) is 4.90 Å². The third-order valence-corrected chi connectivity index (χ3v) is 3.10. The normalized spacial score (nSPS) is 16.2. The van der Waals surface area contributed by atoms with Crippen LogP contribution in [0.3, 0.4) is 0 Å². The predicted molar refractivity (Wildman–Crippen MR) is 63.6 cm³/mol. The molecule has 0 aliphatic carbocycles. The minimum atomic E-state index is 1.09. The molecule has 0 spiro atoms. The number of hydrogen-bond acceptors (Lipinski definition) is 1. The lowest BCUT2D eigenvalue weighted by Crippen LogP contribution is -2.18. The molecular weight excluding hydrogens is 275 g/mol. The summed E-state index contributed by atoms with van der Waals surface area (Å²) in [4.78, 5) is 2.29. The van der Waals surface area contributed by atoms with Crippen LogP contribution in [0.4, 0.5) is 5.69 Å². The largest absolute Gasteiger partial charge is 0.267 e. The molecule has 0 radical (unpaired) electrons. The third kappa shape index (κ3) is 1.85. The van der Waals surface area contributed by atoms with E-state index in [9.17, 15) is 0 Å². The molecule has 1 aliphatic heterocycles. The van der Waals surface area contributed by atoms with Crippen LogP contribution in [0.15, 0.2) is 24.3 Å². The van der Waals surface area contributed by atoms with Crippen molar-refractivity contribution in [3.63, 3.8) is 0 Å². The van der Waals surface area contributed by atoms with Crippen LogP contribution in [0.5, 0.6) is 0 Å². The molecule has 1 aliphatic rings. The zero-order chi connectivity index (χ0) is 9.26. The molecule has 68 valence electrons. The topological polar surface area (TPSA) is 6.25 Å². The minimum absolute atomic E-state index is 1.09. The van der Waals surface area contributed by atoms with Crippen LogP contribution in [0, 0.1) is 3.57 Å². The second-order valence-electron chi connectivity index (χ2n) is 3.24. The standard InChI is InChI=1S/C10H12IN2/c1-12-6-7-13(8-12)10-5-3-2-4-9(10)11/h2-5,8H,6-7H2,1H3/q+1. The van der Waals surface area contributed by atoms with E-state index in [-0.39, 0.29) is 0 Å². The molecule has 1 aromatic rings. The average Bonchev–Trinajstić information content (AvgIpc) is 2.53. The van der Waals surface area contributed by atoms with E-state index in [2.05, 4.69) is 69.7 Å². The smallest absolute Gasteiger partial charge is 0.239 e. The summed E-state index contributed by atoms with van der Waals surface area (Å²) in [5, 5.41) is 0. The van der Waals surface area contributed by atoms with Crippen LogP contribution in [-0.2, 0) is 0 Å². The Morgan fingerprint density at radius 3 is 2.77 bits per heavy atom. The van der Waals surface area contributed by atoms with Crippen molar-refractivity contribution >= 4 is 34.6 Å².